The topological polar surface area (TPSA) is 138 Å². The third-order valence-corrected chi connectivity index (χ3v) is 6.98. The Labute approximate surface area is 213 Å². The van der Waals surface area contributed by atoms with Crippen LogP contribution >= 0.6 is 0 Å². The zero-order valence-electron chi connectivity index (χ0n) is 20.3. The molecule has 37 heavy (non-hydrogen) atoms. The molecule has 0 saturated heterocycles. The summed E-state index contributed by atoms with van der Waals surface area (Å²) >= 11 is 0. The van der Waals surface area contributed by atoms with Crippen LogP contribution in [0.4, 0.5) is 4.79 Å². The number of hydrogen-bond donors (Lipinski definition) is 3. The van der Waals surface area contributed by atoms with E-state index in [0.29, 0.717) is 25.2 Å². The fraction of sp³-hybridized carbons (Fsp3) is 0.333. The SMILES string of the molecule is NNC(=O)c1nc2n(c(=O)c1OCc1ccccc1)CC1CCC2C(NC(=O)OCc2ccccc2)C1. The number of ether oxygens (including phenoxy) is 2. The number of alkyl carbamates (subject to hydrolysis) is 1. The summed E-state index contributed by atoms with van der Waals surface area (Å²) in [4.78, 5) is 43.5. The van der Waals surface area contributed by atoms with Gasteiger partial charge in [0, 0.05) is 18.5 Å². The number of carbonyl (C=O) groups is 2. The minimum Gasteiger partial charge on any atom is -0.481 e. The summed E-state index contributed by atoms with van der Waals surface area (Å²) in [5.41, 5.74) is 3.22. The first-order valence-corrected chi connectivity index (χ1v) is 12.3. The van der Waals surface area contributed by atoms with Crippen molar-refractivity contribution in [1.82, 2.24) is 20.3 Å². The molecule has 3 aromatic rings. The van der Waals surface area contributed by atoms with Crippen LogP contribution in [-0.2, 0) is 24.5 Å². The highest BCUT2D eigenvalue weighted by Crippen LogP contribution is 2.40. The van der Waals surface area contributed by atoms with E-state index in [1.807, 2.05) is 60.7 Å². The summed E-state index contributed by atoms with van der Waals surface area (Å²) in [5.74, 6) is 4.91. The number of aromatic nitrogens is 2. The van der Waals surface area contributed by atoms with Gasteiger partial charge in [0.1, 0.15) is 19.0 Å². The number of rotatable bonds is 7. The molecule has 1 aromatic heterocycles. The van der Waals surface area contributed by atoms with E-state index >= 15 is 0 Å². The van der Waals surface area contributed by atoms with Crippen LogP contribution in [0.1, 0.15) is 52.6 Å². The number of nitrogens with one attached hydrogen (secondary N) is 2. The van der Waals surface area contributed by atoms with Crippen LogP contribution in [0.15, 0.2) is 65.5 Å². The highest BCUT2D eigenvalue weighted by Gasteiger charge is 2.40. The van der Waals surface area contributed by atoms with E-state index in [2.05, 4.69) is 15.7 Å². The lowest BCUT2D eigenvalue weighted by Crippen LogP contribution is -2.43. The van der Waals surface area contributed by atoms with Crippen molar-refractivity contribution in [3.63, 3.8) is 0 Å². The minimum atomic E-state index is -0.714. The van der Waals surface area contributed by atoms with Gasteiger partial charge in [-0.2, -0.15) is 0 Å². The Balaban J connectivity index is 1.40. The lowest BCUT2D eigenvalue weighted by molar-refractivity contribution is 0.0941. The maximum Gasteiger partial charge on any atom is 0.407 e. The second-order valence-corrected chi connectivity index (χ2v) is 9.41. The van der Waals surface area contributed by atoms with Crippen molar-refractivity contribution >= 4 is 12.0 Å². The average molecular weight is 504 g/mol. The molecule has 3 unspecified atom stereocenters. The van der Waals surface area contributed by atoms with Crippen LogP contribution in [-0.4, -0.2) is 27.6 Å². The molecule has 10 heteroatoms. The lowest BCUT2D eigenvalue weighted by atomic mass is 9.79. The third kappa shape index (κ3) is 5.34. The molecule has 0 spiro atoms. The first-order valence-electron chi connectivity index (χ1n) is 12.3. The number of benzene rings is 2. The van der Waals surface area contributed by atoms with Crippen molar-refractivity contribution < 1.29 is 19.1 Å². The van der Waals surface area contributed by atoms with Gasteiger partial charge in [0.05, 0.1) is 0 Å². The molecule has 6 rings (SSSR count). The van der Waals surface area contributed by atoms with Crippen molar-refractivity contribution in [3.8, 4) is 5.75 Å². The molecular weight excluding hydrogens is 474 g/mol. The number of hydrazine groups is 1. The van der Waals surface area contributed by atoms with E-state index in [0.717, 1.165) is 17.5 Å². The zero-order chi connectivity index (χ0) is 25.8. The maximum atomic E-state index is 13.6. The summed E-state index contributed by atoms with van der Waals surface area (Å²) < 4.78 is 12.9. The largest absolute Gasteiger partial charge is 0.481 e. The van der Waals surface area contributed by atoms with E-state index in [4.69, 9.17) is 15.3 Å². The number of nitrogen functional groups attached to an aromatic ring is 1. The van der Waals surface area contributed by atoms with Gasteiger partial charge in [-0.05, 0) is 36.3 Å². The fourth-order valence-corrected chi connectivity index (χ4v) is 5.16. The molecule has 3 atom stereocenters. The van der Waals surface area contributed by atoms with Gasteiger partial charge in [-0.1, -0.05) is 60.7 Å². The Morgan fingerprint density at radius 1 is 1.00 bits per heavy atom. The quantitative estimate of drug-likeness (QED) is 0.256. The van der Waals surface area contributed by atoms with Crippen LogP contribution in [0.3, 0.4) is 0 Å². The molecule has 2 bridgehead atoms. The number of nitrogens with zero attached hydrogens (tertiary/aromatic N) is 2. The molecule has 1 saturated carbocycles. The molecule has 10 nitrogen and oxygen atoms in total. The summed E-state index contributed by atoms with van der Waals surface area (Å²) in [6.07, 6.45) is 1.74. The number of fused-ring (bicyclic) bond motifs is 2. The van der Waals surface area contributed by atoms with Crippen molar-refractivity contribution in [2.75, 3.05) is 0 Å². The van der Waals surface area contributed by atoms with E-state index < -0.39 is 17.6 Å². The van der Waals surface area contributed by atoms with Gasteiger partial charge in [0.2, 0.25) is 5.75 Å². The van der Waals surface area contributed by atoms with Crippen LogP contribution in [0, 0.1) is 5.92 Å². The zero-order valence-corrected chi connectivity index (χ0v) is 20.3. The van der Waals surface area contributed by atoms with Crippen LogP contribution in [0.5, 0.6) is 5.75 Å². The number of amides is 2. The molecule has 2 aliphatic heterocycles. The fourth-order valence-electron chi connectivity index (χ4n) is 5.16. The minimum absolute atomic E-state index is 0.103. The highest BCUT2D eigenvalue weighted by atomic mass is 16.5. The van der Waals surface area contributed by atoms with Crippen LogP contribution < -0.4 is 26.9 Å². The number of hydrogen-bond acceptors (Lipinski definition) is 7. The Morgan fingerprint density at radius 3 is 2.35 bits per heavy atom. The van der Waals surface area contributed by atoms with Gasteiger partial charge in [-0.3, -0.25) is 19.6 Å². The van der Waals surface area contributed by atoms with Gasteiger partial charge in [-0.25, -0.2) is 15.6 Å². The normalized spacial score (nSPS) is 19.9. The van der Waals surface area contributed by atoms with Gasteiger partial charge >= 0.3 is 6.09 Å². The first-order chi connectivity index (χ1) is 18.0. The number of nitrogens with two attached hydrogens (primary N) is 1. The Morgan fingerprint density at radius 2 is 1.68 bits per heavy atom. The smallest absolute Gasteiger partial charge is 0.407 e. The van der Waals surface area contributed by atoms with Crippen molar-refractivity contribution in [2.24, 2.45) is 11.8 Å². The molecule has 2 amide bonds. The maximum absolute atomic E-state index is 13.6. The standard InChI is InChI=1S/C27H29N5O5/c28-31-25(33)22-23(36-15-17-7-3-1-4-8-17)26(34)32-14-19-11-12-20(24(32)30-22)21(13-19)29-27(35)37-16-18-9-5-2-6-10-18/h1-10,19-21H,11-16,28H2,(H,29,35)(H,31,33). The molecule has 3 heterocycles. The van der Waals surface area contributed by atoms with E-state index in [-0.39, 0.29) is 42.5 Å². The molecule has 3 aliphatic rings. The van der Waals surface area contributed by atoms with Crippen molar-refractivity contribution in [1.29, 1.82) is 0 Å². The van der Waals surface area contributed by atoms with Gasteiger partial charge in [-0.15, -0.1) is 0 Å². The van der Waals surface area contributed by atoms with Crippen molar-refractivity contribution in [2.45, 2.75) is 51.0 Å². The Kier molecular flexibility index (Phi) is 7.18. The van der Waals surface area contributed by atoms with Gasteiger partial charge in [0.15, 0.2) is 5.69 Å². The molecule has 4 N–H and O–H groups in total. The van der Waals surface area contributed by atoms with Gasteiger partial charge in [0.25, 0.3) is 11.5 Å². The Bertz CT molecular complexity index is 1330. The predicted octanol–water partition coefficient (Wildman–Crippen LogP) is 2.62. The van der Waals surface area contributed by atoms with Crippen LogP contribution in [0.25, 0.3) is 0 Å². The molecular formula is C27H29N5O5. The third-order valence-electron chi connectivity index (χ3n) is 6.98. The Hall–Kier alpha value is -4.18. The first kappa shape index (κ1) is 24.5. The summed E-state index contributed by atoms with van der Waals surface area (Å²) in [7, 11) is 0. The van der Waals surface area contributed by atoms with E-state index in [9.17, 15) is 14.4 Å². The van der Waals surface area contributed by atoms with E-state index in [1.165, 1.54) is 0 Å². The summed E-state index contributed by atoms with van der Waals surface area (Å²) in [5, 5.41) is 2.97. The second kappa shape index (κ2) is 10.8. The predicted molar refractivity (Wildman–Crippen MR) is 135 cm³/mol. The second-order valence-electron chi connectivity index (χ2n) is 9.41. The number of carbonyl (C=O) groups excluding carboxylic acids is 2. The molecule has 2 aromatic carbocycles. The van der Waals surface area contributed by atoms with Crippen LogP contribution in [0.2, 0.25) is 0 Å². The summed E-state index contributed by atoms with van der Waals surface area (Å²) in [6, 6.07) is 18.5. The monoisotopic (exact) mass is 503 g/mol. The average Bonchev–Trinajstić information content (AvgIpc) is 3.20. The molecule has 192 valence electrons. The molecule has 1 fully saturated rings. The van der Waals surface area contributed by atoms with Crippen molar-refractivity contribution in [3.05, 3.63) is 93.7 Å². The summed E-state index contributed by atoms with van der Waals surface area (Å²) in [6.45, 7) is 0.693. The molecule has 0 radical (unpaired) electrons. The van der Waals surface area contributed by atoms with E-state index in [1.54, 1.807) is 4.57 Å². The lowest BCUT2D eigenvalue weighted by Gasteiger charge is -2.32. The molecule has 1 aliphatic carbocycles. The van der Waals surface area contributed by atoms with Gasteiger partial charge < -0.3 is 14.8 Å². The highest BCUT2D eigenvalue weighted by molar-refractivity contribution is 5.94.